The first-order valence-corrected chi connectivity index (χ1v) is 3.04. The Kier molecular flexibility index (Phi) is 1.81. The zero-order chi connectivity index (χ0) is 8.27. The first kappa shape index (κ1) is 7.18. The van der Waals surface area contributed by atoms with Gasteiger partial charge in [-0.3, -0.25) is 0 Å². The highest BCUT2D eigenvalue weighted by Gasteiger charge is 2.00. The van der Waals surface area contributed by atoms with Crippen molar-refractivity contribution in [3.8, 4) is 18.4 Å². The number of nitriles is 1. The Morgan fingerprint density at radius 3 is 2.64 bits per heavy atom. The first-order chi connectivity index (χ1) is 5.29. The van der Waals surface area contributed by atoms with E-state index in [0.717, 1.165) is 0 Å². The van der Waals surface area contributed by atoms with E-state index < -0.39 is 0 Å². The van der Waals surface area contributed by atoms with Crippen LogP contribution in [0.2, 0.25) is 0 Å². The summed E-state index contributed by atoms with van der Waals surface area (Å²) >= 11 is 0. The molecule has 0 spiro atoms. The molecule has 0 atom stereocenters. The number of nitrogen functional groups attached to an aromatic ring is 1. The lowest BCUT2D eigenvalue weighted by atomic mass is 10.1. The van der Waals surface area contributed by atoms with Crippen molar-refractivity contribution in [3.05, 3.63) is 29.3 Å². The average molecular weight is 142 g/mol. The minimum atomic E-state index is 0.384. The predicted octanol–water partition coefficient (Wildman–Crippen LogP) is 1.12. The van der Waals surface area contributed by atoms with E-state index >= 15 is 0 Å². The fraction of sp³-hybridized carbons (Fsp3) is 0. The largest absolute Gasteiger partial charge is 0.398 e. The van der Waals surface area contributed by atoms with E-state index in [1.54, 1.807) is 18.2 Å². The van der Waals surface area contributed by atoms with Crippen molar-refractivity contribution in [2.45, 2.75) is 0 Å². The minimum Gasteiger partial charge on any atom is -0.398 e. The van der Waals surface area contributed by atoms with Crippen LogP contribution < -0.4 is 5.73 Å². The van der Waals surface area contributed by atoms with Crippen LogP contribution in [0.3, 0.4) is 0 Å². The van der Waals surface area contributed by atoms with Crippen molar-refractivity contribution in [2.75, 3.05) is 5.73 Å². The minimum absolute atomic E-state index is 0.384. The number of anilines is 1. The molecule has 0 aliphatic heterocycles. The topological polar surface area (TPSA) is 49.8 Å². The number of hydrogen-bond donors (Lipinski definition) is 1. The molecule has 2 nitrogen and oxygen atoms in total. The van der Waals surface area contributed by atoms with Gasteiger partial charge in [-0.2, -0.15) is 5.26 Å². The Morgan fingerprint density at radius 2 is 2.18 bits per heavy atom. The third kappa shape index (κ3) is 1.15. The number of terminal acetylenes is 1. The van der Waals surface area contributed by atoms with Gasteiger partial charge in [0.15, 0.2) is 0 Å². The summed E-state index contributed by atoms with van der Waals surface area (Å²) in [4.78, 5) is 0. The monoisotopic (exact) mass is 142 g/mol. The van der Waals surface area contributed by atoms with Gasteiger partial charge in [-0.05, 0) is 12.1 Å². The Balaban J connectivity index is 3.42. The summed E-state index contributed by atoms with van der Waals surface area (Å²) in [5.41, 5.74) is 6.86. The molecule has 0 radical (unpaired) electrons. The molecular formula is C9H6N2. The number of rotatable bonds is 0. The molecule has 0 fully saturated rings. The van der Waals surface area contributed by atoms with Gasteiger partial charge in [-0.25, -0.2) is 0 Å². The molecule has 0 saturated carbocycles. The summed E-state index contributed by atoms with van der Waals surface area (Å²) in [6.45, 7) is 0. The van der Waals surface area contributed by atoms with E-state index in [9.17, 15) is 0 Å². The molecule has 0 heterocycles. The van der Waals surface area contributed by atoms with Crippen LogP contribution in [0.5, 0.6) is 0 Å². The predicted molar refractivity (Wildman–Crippen MR) is 43.5 cm³/mol. The second-order valence-electron chi connectivity index (χ2n) is 2.03. The second kappa shape index (κ2) is 2.77. The third-order valence-corrected chi connectivity index (χ3v) is 1.36. The molecule has 0 aromatic heterocycles. The second-order valence-corrected chi connectivity index (χ2v) is 2.03. The lowest BCUT2D eigenvalue weighted by molar-refractivity contribution is 1.47. The van der Waals surface area contributed by atoms with Gasteiger partial charge in [0, 0.05) is 5.56 Å². The molecule has 0 aliphatic rings. The Morgan fingerprint density at radius 1 is 1.45 bits per heavy atom. The van der Waals surface area contributed by atoms with Crippen LogP contribution in [-0.4, -0.2) is 0 Å². The average Bonchev–Trinajstić information content (AvgIpc) is 2.04. The fourth-order valence-corrected chi connectivity index (χ4v) is 0.815. The molecule has 0 bridgehead atoms. The van der Waals surface area contributed by atoms with E-state index in [-0.39, 0.29) is 0 Å². The molecule has 11 heavy (non-hydrogen) atoms. The van der Waals surface area contributed by atoms with Gasteiger partial charge >= 0.3 is 0 Å². The van der Waals surface area contributed by atoms with Crippen LogP contribution >= 0.6 is 0 Å². The molecule has 0 aliphatic carbocycles. The molecule has 2 N–H and O–H groups in total. The summed E-state index contributed by atoms with van der Waals surface area (Å²) < 4.78 is 0. The number of nitrogens with two attached hydrogens (primary N) is 1. The van der Waals surface area contributed by atoms with Crippen molar-refractivity contribution in [1.82, 2.24) is 0 Å². The molecular weight excluding hydrogens is 136 g/mol. The Bertz CT molecular complexity index is 353. The van der Waals surface area contributed by atoms with E-state index in [0.29, 0.717) is 16.8 Å². The molecule has 1 aromatic carbocycles. The maximum Gasteiger partial charge on any atom is 0.103 e. The summed E-state index contributed by atoms with van der Waals surface area (Å²) in [6, 6.07) is 7.02. The highest BCUT2D eigenvalue weighted by Crippen LogP contribution is 2.13. The zero-order valence-corrected chi connectivity index (χ0v) is 5.83. The van der Waals surface area contributed by atoms with E-state index in [1.165, 1.54) is 0 Å². The Labute approximate surface area is 65.3 Å². The number of hydrogen-bond acceptors (Lipinski definition) is 2. The molecule has 2 heteroatoms. The van der Waals surface area contributed by atoms with Crippen molar-refractivity contribution in [2.24, 2.45) is 0 Å². The number of benzene rings is 1. The lowest BCUT2D eigenvalue weighted by Crippen LogP contribution is -1.92. The zero-order valence-electron chi connectivity index (χ0n) is 5.83. The van der Waals surface area contributed by atoms with Crippen LogP contribution in [0.4, 0.5) is 5.69 Å². The van der Waals surface area contributed by atoms with Crippen molar-refractivity contribution in [3.63, 3.8) is 0 Å². The van der Waals surface area contributed by atoms with Gasteiger partial charge in [0.25, 0.3) is 0 Å². The highest BCUT2D eigenvalue weighted by atomic mass is 14.6. The van der Waals surface area contributed by atoms with Crippen LogP contribution in [0, 0.1) is 23.7 Å². The summed E-state index contributed by atoms with van der Waals surface area (Å²) in [5, 5.41) is 8.60. The highest BCUT2D eigenvalue weighted by molar-refractivity contribution is 5.61. The molecule has 52 valence electrons. The van der Waals surface area contributed by atoms with E-state index in [4.69, 9.17) is 17.4 Å². The van der Waals surface area contributed by atoms with Crippen molar-refractivity contribution in [1.29, 1.82) is 5.26 Å². The number of nitrogens with zero attached hydrogens (tertiary/aromatic N) is 1. The molecule has 0 saturated heterocycles. The van der Waals surface area contributed by atoms with Crippen LogP contribution in [0.15, 0.2) is 18.2 Å². The summed E-state index contributed by atoms with van der Waals surface area (Å²) in [5.74, 6) is 2.38. The lowest BCUT2D eigenvalue weighted by Gasteiger charge is -1.97. The van der Waals surface area contributed by atoms with Gasteiger partial charge in [0.1, 0.15) is 6.07 Å². The van der Waals surface area contributed by atoms with Crippen LogP contribution in [0.1, 0.15) is 11.1 Å². The van der Waals surface area contributed by atoms with Crippen molar-refractivity contribution >= 4 is 5.69 Å². The van der Waals surface area contributed by atoms with E-state index in [2.05, 4.69) is 5.92 Å². The molecule has 0 unspecified atom stereocenters. The van der Waals surface area contributed by atoms with Gasteiger partial charge < -0.3 is 5.73 Å². The van der Waals surface area contributed by atoms with Crippen LogP contribution in [-0.2, 0) is 0 Å². The molecule has 0 amide bonds. The first-order valence-electron chi connectivity index (χ1n) is 3.04. The van der Waals surface area contributed by atoms with E-state index in [1.807, 2.05) is 6.07 Å². The quantitative estimate of drug-likeness (QED) is 0.436. The Hall–Kier alpha value is -1.93. The maximum atomic E-state index is 8.60. The fourth-order valence-electron chi connectivity index (χ4n) is 0.815. The third-order valence-electron chi connectivity index (χ3n) is 1.36. The molecule has 1 aromatic rings. The van der Waals surface area contributed by atoms with Gasteiger partial charge in [0.05, 0.1) is 11.3 Å². The smallest absolute Gasteiger partial charge is 0.103 e. The van der Waals surface area contributed by atoms with Crippen molar-refractivity contribution < 1.29 is 0 Å². The molecule has 1 rings (SSSR count). The maximum absolute atomic E-state index is 8.60. The summed E-state index contributed by atoms with van der Waals surface area (Å²) in [6.07, 6.45) is 5.14. The van der Waals surface area contributed by atoms with Gasteiger partial charge in [-0.15, -0.1) is 6.42 Å². The van der Waals surface area contributed by atoms with Crippen LogP contribution in [0.25, 0.3) is 0 Å². The standard InChI is InChI=1S/C9H6N2/c1-2-7-4-3-5-9(11)8(7)6-10/h1,3-5H,11H2. The summed E-state index contributed by atoms with van der Waals surface area (Å²) in [7, 11) is 0. The van der Waals surface area contributed by atoms with Gasteiger partial charge in [0.2, 0.25) is 0 Å². The SMILES string of the molecule is C#Cc1cccc(N)c1C#N. The van der Waals surface area contributed by atoms with Gasteiger partial charge in [-0.1, -0.05) is 12.0 Å². The normalized spacial score (nSPS) is 8.18.